The van der Waals surface area contributed by atoms with Gasteiger partial charge in [0.15, 0.2) is 18.2 Å². The molecule has 0 aliphatic carbocycles. The van der Waals surface area contributed by atoms with Crippen LogP contribution in [0, 0.1) is 6.92 Å². The molecule has 0 bridgehead atoms. The number of hydrogen-bond acceptors (Lipinski definition) is 6. The molecule has 0 fully saturated rings. The molecule has 1 aromatic heterocycles. The molecule has 7 nitrogen and oxygen atoms in total. The van der Waals surface area contributed by atoms with Crippen LogP contribution in [0.1, 0.15) is 47.9 Å². The maximum atomic E-state index is 12.1. The number of rotatable bonds is 9. The summed E-state index contributed by atoms with van der Waals surface area (Å²) < 4.78 is 9.67. The predicted molar refractivity (Wildman–Crippen MR) is 94.8 cm³/mol. The number of aromatic nitrogens is 1. The van der Waals surface area contributed by atoms with E-state index in [-0.39, 0.29) is 24.4 Å². The molecular formula is C19H22N2O5. The Kier molecular flexibility index (Phi) is 7.08. The Morgan fingerprint density at radius 3 is 2.50 bits per heavy atom. The SMILES string of the molecule is CCCc1ccc(C(=O)CCC(=O)OCC(=O)Nc2cc(C)on2)cc1. The van der Waals surface area contributed by atoms with Crippen molar-refractivity contribution in [1.82, 2.24) is 5.16 Å². The monoisotopic (exact) mass is 358 g/mol. The number of esters is 1. The quantitative estimate of drug-likeness (QED) is 0.546. The lowest BCUT2D eigenvalue weighted by Crippen LogP contribution is -2.21. The zero-order chi connectivity index (χ0) is 18.9. The van der Waals surface area contributed by atoms with Gasteiger partial charge in [-0.15, -0.1) is 0 Å². The molecule has 0 aliphatic rings. The Bertz CT molecular complexity index is 764. The summed E-state index contributed by atoms with van der Waals surface area (Å²) in [5.41, 5.74) is 1.74. The van der Waals surface area contributed by atoms with E-state index in [0.717, 1.165) is 12.8 Å². The third kappa shape index (κ3) is 6.16. The summed E-state index contributed by atoms with van der Waals surface area (Å²) in [6.07, 6.45) is 1.97. The van der Waals surface area contributed by atoms with Gasteiger partial charge in [0.1, 0.15) is 5.76 Å². The first-order valence-electron chi connectivity index (χ1n) is 8.49. The first-order valence-corrected chi connectivity index (χ1v) is 8.49. The number of anilines is 1. The maximum absolute atomic E-state index is 12.1. The van der Waals surface area contributed by atoms with Gasteiger partial charge in [0, 0.05) is 18.1 Å². The van der Waals surface area contributed by atoms with Gasteiger partial charge in [0.2, 0.25) is 0 Å². The largest absolute Gasteiger partial charge is 0.456 e. The van der Waals surface area contributed by atoms with E-state index in [1.165, 1.54) is 5.56 Å². The molecule has 1 amide bonds. The summed E-state index contributed by atoms with van der Waals surface area (Å²) in [6, 6.07) is 8.93. The maximum Gasteiger partial charge on any atom is 0.306 e. The smallest absolute Gasteiger partial charge is 0.306 e. The number of ether oxygens (including phenoxy) is 1. The van der Waals surface area contributed by atoms with Gasteiger partial charge >= 0.3 is 5.97 Å². The zero-order valence-corrected chi connectivity index (χ0v) is 14.9. The fourth-order valence-electron chi connectivity index (χ4n) is 2.33. The topological polar surface area (TPSA) is 98.5 Å². The predicted octanol–water partition coefficient (Wildman–Crippen LogP) is 3.08. The van der Waals surface area contributed by atoms with Gasteiger partial charge in [-0.25, -0.2) is 0 Å². The highest BCUT2D eigenvalue weighted by Gasteiger charge is 2.13. The number of hydrogen-bond donors (Lipinski definition) is 1. The highest BCUT2D eigenvalue weighted by molar-refractivity contribution is 5.97. The highest BCUT2D eigenvalue weighted by atomic mass is 16.5. The summed E-state index contributed by atoms with van der Waals surface area (Å²) in [6.45, 7) is 3.35. The molecule has 0 atom stereocenters. The third-order valence-corrected chi connectivity index (χ3v) is 3.63. The molecule has 0 spiro atoms. The number of benzene rings is 1. The van der Waals surface area contributed by atoms with E-state index in [9.17, 15) is 14.4 Å². The van der Waals surface area contributed by atoms with Crippen molar-refractivity contribution >= 4 is 23.5 Å². The Balaban J connectivity index is 1.70. The van der Waals surface area contributed by atoms with Gasteiger partial charge in [-0.3, -0.25) is 14.4 Å². The number of aryl methyl sites for hydroxylation is 2. The van der Waals surface area contributed by atoms with Crippen molar-refractivity contribution in [3.8, 4) is 0 Å². The average Bonchev–Trinajstić information content (AvgIpc) is 3.03. The van der Waals surface area contributed by atoms with Crippen LogP contribution in [0.4, 0.5) is 5.82 Å². The number of nitrogens with one attached hydrogen (secondary N) is 1. The molecule has 1 aromatic carbocycles. The number of nitrogens with zero attached hydrogens (tertiary/aromatic N) is 1. The van der Waals surface area contributed by atoms with E-state index < -0.39 is 18.5 Å². The number of ketones is 1. The molecule has 138 valence electrons. The van der Waals surface area contributed by atoms with Crippen LogP contribution in [0.2, 0.25) is 0 Å². The minimum absolute atomic E-state index is 0.0378. The molecule has 0 unspecified atom stereocenters. The van der Waals surface area contributed by atoms with Crippen LogP contribution in [-0.2, 0) is 20.7 Å². The number of Topliss-reactive ketones (excluding diaryl/α,β-unsaturated/α-hetero) is 1. The van der Waals surface area contributed by atoms with Gasteiger partial charge < -0.3 is 14.6 Å². The van der Waals surface area contributed by atoms with Crippen LogP contribution in [0.5, 0.6) is 0 Å². The zero-order valence-electron chi connectivity index (χ0n) is 14.9. The Hall–Kier alpha value is -2.96. The highest BCUT2D eigenvalue weighted by Crippen LogP contribution is 2.10. The van der Waals surface area contributed by atoms with Crippen molar-refractivity contribution < 1.29 is 23.6 Å². The number of amides is 1. The van der Waals surface area contributed by atoms with E-state index in [0.29, 0.717) is 11.3 Å². The van der Waals surface area contributed by atoms with Crippen molar-refractivity contribution in [3.63, 3.8) is 0 Å². The summed E-state index contributed by atoms with van der Waals surface area (Å²) in [4.78, 5) is 35.4. The normalized spacial score (nSPS) is 10.4. The van der Waals surface area contributed by atoms with Gasteiger partial charge in [-0.2, -0.15) is 0 Å². The first kappa shape index (κ1) is 19.4. The van der Waals surface area contributed by atoms with E-state index in [2.05, 4.69) is 17.4 Å². The lowest BCUT2D eigenvalue weighted by Gasteiger charge is -2.05. The number of carbonyl (C=O) groups excluding carboxylic acids is 3. The summed E-state index contributed by atoms with van der Waals surface area (Å²) in [7, 11) is 0. The van der Waals surface area contributed by atoms with E-state index in [1.54, 1.807) is 25.1 Å². The van der Waals surface area contributed by atoms with Crippen molar-refractivity contribution in [2.75, 3.05) is 11.9 Å². The van der Waals surface area contributed by atoms with Crippen LogP contribution in [0.25, 0.3) is 0 Å². The van der Waals surface area contributed by atoms with E-state index >= 15 is 0 Å². The van der Waals surface area contributed by atoms with E-state index in [1.807, 2.05) is 12.1 Å². The van der Waals surface area contributed by atoms with Crippen molar-refractivity contribution in [3.05, 3.63) is 47.2 Å². The second-order valence-electron chi connectivity index (χ2n) is 5.90. The molecule has 0 saturated heterocycles. The molecule has 0 radical (unpaired) electrons. The summed E-state index contributed by atoms with van der Waals surface area (Å²) in [5.74, 6) is -0.451. The Morgan fingerprint density at radius 1 is 1.15 bits per heavy atom. The second-order valence-corrected chi connectivity index (χ2v) is 5.90. The van der Waals surface area contributed by atoms with Crippen LogP contribution in [0.3, 0.4) is 0 Å². The summed E-state index contributed by atoms with van der Waals surface area (Å²) in [5, 5.41) is 6.04. The minimum atomic E-state index is -0.604. The lowest BCUT2D eigenvalue weighted by molar-refractivity contribution is -0.147. The lowest BCUT2D eigenvalue weighted by atomic mass is 10.0. The molecular weight excluding hydrogens is 336 g/mol. The second kappa shape index (κ2) is 9.50. The van der Waals surface area contributed by atoms with Crippen LogP contribution < -0.4 is 5.32 Å². The van der Waals surface area contributed by atoms with Crippen molar-refractivity contribution in [2.45, 2.75) is 39.5 Å². The molecule has 0 aliphatic heterocycles. The molecule has 26 heavy (non-hydrogen) atoms. The Labute approximate surface area is 151 Å². The molecule has 2 aromatic rings. The van der Waals surface area contributed by atoms with Crippen LogP contribution in [-0.4, -0.2) is 29.4 Å². The van der Waals surface area contributed by atoms with Gasteiger partial charge in [-0.1, -0.05) is 42.8 Å². The van der Waals surface area contributed by atoms with Gasteiger partial charge in [0.25, 0.3) is 5.91 Å². The molecule has 1 heterocycles. The molecule has 1 N–H and O–H groups in total. The van der Waals surface area contributed by atoms with Crippen molar-refractivity contribution in [2.24, 2.45) is 0 Å². The molecule has 7 heteroatoms. The van der Waals surface area contributed by atoms with Crippen LogP contribution >= 0.6 is 0 Å². The third-order valence-electron chi connectivity index (χ3n) is 3.63. The first-order chi connectivity index (χ1) is 12.5. The fraction of sp³-hybridized carbons (Fsp3) is 0.368. The Morgan fingerprint density at radius 2 is 1.88 bits per heavy atom. The molecule has 2 rings (SSSR count). The molecule has 0 saturated carbocycles. The van der Waals surface area contributed by atoms with E-state index in [4.69, 9.17) is 9.26 Å². The standard InChI is InChI=1S/C19H22N2O5/c1-3-4-14-5-7-15(8-6-14)16(22)9-10-19(24)25-12-18(23)20-17-11-13(2)26-21-17/h5-8,11H,3-4,9-10,12H2,1-2H3,(H,20,21,23). The van der Waals surface area contributed by atoms with Gasteiger partial charge in [-0.05, 0) is 18.9 Å². The summed E-state index contributed by atoms with van der Waals surface area (Å²) >= 11 is 0. The number of carbonyl (C=O) groups is 3. The van der Waals surface area contributed by atoms with Crippen molar-refractivity contribution in [1.29, 1.82) is 0 Å². The van der Waals surface area contributed by atoms with Gasteiger partial charge in [0.05, 0.1) is 6.42 Å². The fourth-order valence-corrected chi connectivity index (χ4v) is 2.33. The average molecular weight is 358 g/mol. The minimum Gasteiger partial charge on any atom is -0.456 e. The van der Waals surface area contributed by atoms with Crippen LogP contribution in [0.15, 0.2) is 34.9 Å².